The molecule has 0 fully saturated rings. The van der Waals surface area contributed by atoms with Crippen molar-refractivity contribution in [3.05, 3.63) is 68.7 Å². The fourth-order valence-electron chi connectivity index (χ4n) is 2.26. The van der Waals surface area contributed by atoms with Crippen LogP contribution < -0.4 is 5.56 Å². The van der Waals surface area contributed by atoms with Crippen LogP contribution in [0.1, 0.15) is 11.1 Å². The first kappa shape index (κ1) is 13.1. The number of fused-ring (bicyclic) bond motifs is 1. The molecule has 0 aliphatic carbocycles. The van der Waals surface area contributed by atoms with E-state index in [-0.39, 0.29) is 5.56 Å². The van der Waals surface area contributed by atoms with Crippen LogP contribution in [0.5, 0.6) is 0 Å². The minimum Gasteiger partial charge on any atom is -0.268 e. The van der Waals surface area contributed by atoms with E-state index in [4.69, 9.17) is 0 Å². The Hall–Kier alpha value is -1.94. The third-order valence-corrected chi connectivity index (χ3v) is 4.27. The molecule has 0 aliphatic rings. The third-order valence-electron chi connectivity index (χ3n) is 3.41. The number of benzene rings is 2. The molecular formula is C16H13BrN2O. The second-order valence-corrected chi connectivity index (χ2v) is 5.68. The van der Waals surface area contributed by atoms with E-state index in [1.165, 1.54) is 0 Å². The zero-order valence-electron chi connectivity index (χ0n) is 11.2. The van der Waals surface area contributed by atoms with Crippen molar-refractivity contribution in [1.29, 1.82) is 0 Å². The highest BCUT2D eigenvalue weighted by atomic mass is 79.9. The molecule has 100 valence electrons. The van der Waals surface area contributed by atoms with Crippen molar-refractivity contribution >= 4 is 26.8 Å². The van der Waals surface area contributed by atoms with Crippen molar-refractivity contribution in [3.63, 3.8) is 0 Å². The maximum atomic E-state index is 12.7. The summed E-state index contributed by atoms with van der Waals surface area (Å²) in [6.07, 6.45) is 1.59. The standard InChI is InChI=1S/C16H13BrN2O/c1-10-6-7-14-12(8-10)16(20)19(9-18-14)15-5-3-4-13(17)11(15)2/h3-9H,1-2H3. The van der Waals surface area contributed by atoms with Gasteiger partial charge in [-0.15, -0.1) is 0 Å². The summed E-state index contributed by atoms with van der Waals surface area (Å²) in [5, 5.41) is 0.645. The van der Waals surface area contributed by atoms with Gasteiger partial charge >= 0.3 is 0 Å². The van der Waals surface area contributed by atoms with E-state index in [1.54, 1.807) is 10.9 Å². The number of halogens is 1. The summed E-state index contributed by atoms with van der Waals surface area (Å²) in [7, 11) is 0. The molecule has 3 rings (SSSR count). The van der Waals surface area contributed by atoms with Crippen LogP contribution in [-0.2, 0) is 0 Å². The van der Waals surface area contributed by atoms with Crippen molar-refractivity contribution in [1.82, 2.24) is 9.55 Å². The molecule has 4 heteroatoms. The van der Waals surface area contributed by atoms with Gasteiger partial charge in [-0.1, -0.05) is 33.6 Å². The molecule has 3 aromatic rings. The molecular weight excluding hydrogens is 316 g/mol. The van der Waals surface area contributed by atoms with Crippen LogP contribution in [0.15, 0.2) is 52.0 Å². The number of aromatic nitrogens is 2. The maximum Gasteiger partial charge on any atom is 0.265 e. The van der Waals surface area contributed by atoms with Gasteiger partial charge in [0.15, 0.2) is 0 Å². The maximum absolute atomic E-state index is 12.7. The Labute approximate surface area is 125 Å². The van der Waals surface area contributed by atoms with Crippen LogP contribution in [0.4, 0.5) is 0 Å². The molecule has 0 atom stereocenters. The predicted octanol–water partition coefficient (Wildman–Crippen LogP) is 3.77. The molecule has 1 heterocycles. The Balaban J connectivity index is 2.35. The van der Waals surface area contributed by atoms with Gasteiger partial charge in [-0.2, -0.15) is 0 Å². The average molecular weight is 329 g/mol. The molecule has 20 heavy (non-hydrogen) atoms. The lowest BCUT2D eigenvalue weighted by molar-refractivity contribution is 0.950. The van der Waals surface area contributed by atoms with Crippen LogP contribution in [0.3, 0.4) is 0 Å². The fraction of sp³-hybridized carbons (Fsp3) is 0.125. The fourth-order valence-corrected chi connectivity index (χ4v) is 2.62. The van der Waals surface area contributed by atoms with Crippen molar-refractivity contribution in [2.75, 3.05) is 0 Å². The number of hydrogen-bond acceptors (Lipinski definition) is 2. The molecule has 0 N–H and O–H groups in total. The van der Waals surface area contributed by atoms with Gasteiger partial charge in [0.05, 0.1) is 16.6 Å². The van der Waals surface area contributed by atoms with Crippen LogP contribution in [0.25, 0.3) is 16.6 Å². The first-order chi connectivity index (χ1) is 9.58. The molecule has 0 saturated carbocycles. The molecule has 0 aliphatic heterocycles. The zero-order chi connectivity index (χ0) is 14.3. The van der Waals surface area contributed by atoms with E-state index in [1.807, 2.05) is 50.2 Å². The smallest absolute Gasteiger partial charge is 0.265 e. The predicted molar refractivity (Wildman–Crippen MR) is 84.5 cm³/mol. The van der Waals surface area contributed by atoms with Crippen LogP contribution in [0, 0.1) is 13.8 Å². The van der Waals surface area contributed by atoms with Gasteiger partial charge in [-0.25, -0.2) is 4.98 Å². The Bertz CT molecular complexity index is 868. The summed E-state index contributed by atoms with van der Waals surface area (Å²) in [5.41, 5.74) is 3.60. The Morgan fingerprint density at radius 2 is 1.95 bits per heavy atom. The summed E-state index contributed by atoms with van der Waals surface area (Å²) < 4.78 is 2.58. The summed E-state index contributed by atoms with van der Waals surface area (Å²) in [6.45, 7) is 3.95. The van der Waals surface area contributed by atoms with Gasteiger partial charge < -0.3 is 0 Å². The zero-order valence-corrected chi connectivity index (χ0v) is 12.8. The van der Waals surface area contributed by atoms with Crippen molar-refractivity contribution in [2.45, 2.75) is 13.8 Å². The van der Waals surface area contributed by atoms with E-state index in [0.29, 0.717) is 5.39 Å². The van der Waals surface area contributed by atoms with Gasteiger partial charge in [-0.05, 0) is 43.7 Å². The Kier molecular flexibility index (Phi) is 3.18. The molecule has 0 saturated heterocycles. The van der Waals surface area contributed by atoms with Gasteiger partial charge in [0.25, 0.3) is 5.56 Å². The average Bonchev–Trinajstić information content (AvgIpc) is 2.44. The van der Waals surface area contributed by atoms with E-state index in [2.05, 4.69) is 20.9 Å². The number of nitrogens with zero attached hydrogens (tertiary/aromatic N) is 2. The number of hydrogen-bond donors (Lipinski definition) is 0. The van der Waals surface area contributed by atoms with Crippen LogP contribution >= 0.6 is 15.9 Å². The third kappa shape index (κ3) is 2.06. The second kappa shape index (κ2) is 4.87. The molecule has 0 radical (unpaired) electrons. The highest BCUT2D eigenvalue weighted by molar-refractivity contribution is 9.10. The van der Waals surface area contributed by atoms with Gasteiger partial charge in [0.2, 0.25) is 0 Å². The normalized spacial score (nSPS) is 10.9. The summed E-state index contributed by atoms with van der Waals surface area (Å²) in [5.74, 6) is 0. The molecule has 0 spiro atoms. The molecule has 2 aromatic carbocycles. The van der Waals surface area contributed by atoms with Crippen LogP contribution in [-0.4, -0.2) is 9.55 Å². The molecule has 0 amide bonds. The first-order valence-corrected chi connectivity index (χ1v) is 7.11. The molecule has 3 nitrogen and oxygen atoms in total. The summed E-state index contributed by atoms with van der Waals surface area (Å²) in [4.78, 5) is 17.0. The van der Waals surface area contributed by atoms with E-state index < -0.39 is 0 Å². The SMILES string of the molecule is Cc1ccc2ncn(-c3cccc(Br)c3C)c(=O)c2c1. The summed E-state index contributed by atoms with van der Waals surface area (Å²) >= 11 is 3.49. The molecule has 0 bridgehead atoms. The minimum atomic E-state index is -0.0418. The van der Waals surface area contributed by atoms with E-state index in [0.717, 1.165) is 26.8 Å². The van der Waals surface area contributed by atoms with Gasteiger partial charge in [0, 0.05) is 4.47 Å². The second-order valence-electron chi connectivity index (χ2n) is 4.82. The Morgan fingerprint density at radius 3 is 2.75 bits per heavy atom. The number of rotatable bonds is 1. The van der Waals surface area contributed by atoms with Gasteiger partial charge in [0.1, 0.15) is 6.33 Å². The van der Waals surface area contributed by atoms with Crippen LogP contribution in [0.2, 0.25) is 0 Å². The first-order valence-electron chi connectivity index (χ1n) is 6.31. The largest absolute Gasteiger partial charge is 0.268 e. The van der Waals surface area contributed by atoms with E-state index in [9.17, 15) is 4.79 Å². The summed E-state index contributed by atoms with van der Waals surface area (Å²) in [6, 6.07) is 11.5. The van der Waals surface area contributed by atoms with Crippen molar-refractivity contribution in [2.24, 2.45) is 0 Å². The molecule has 0 unspecified atom stereocenters. The quantitative estimate of drug-likeness (QED) is 0.681. The van der Waals surface area contributed by atoms with E-state index >= 15 is 0 Å². The Morgan fingerprint density at radius 1 is 1.15 bits per heavy atom. The number of aryl methyl sites for hydroxylation is 1. The lowest BCUT2D eigenvalue weighted by atomic mass is 10.1. The highest BCUT2D eigenvalue weighted by Crippen LogP contribution is 2.22. The monoisotopic (exact) mass is 328 g/mol. The van der Waals surface area contributed by atoms with Crippen molar-refractivity contribution in [3.8, 4) is 5.69 Å². The van der Waals surface area contributed by atoms with Gasteiger partial charge in [-0.3, -0.25) is 9.36 Å². The van der Waals surface area contributed by atoms with Crippen molar-refractivity contribution < 1.29 is 0 Å². The minimum absolute atomic E-state index is 0.0418. The highest BCUT2D eigenvalue weighted by Gasteiger charge is 2.09. The topological polar surface area (TPSA) is 34.9 Å². The lowest BCUT2D eigenvalue weighted by Gasteiger charge is -2.11. The lowest BCUT2D eigenvalue weighted by Crippen LogP contribution is -2.19. The molecule has 1 aromatic heterocycles.